The number of likely N-dealkylation sites (tertiary alicyclic amines) is 1. The molecule has 0 amide bonds. The Kier molecular flexibility index (Phi) is 3.75. The summed E-state index contributed by atoms with van der Waals surface area (Å²) in [5.41, 5.74) is 0. The van der Waals surface area contributed by atoms with Gasteiger partial charge < -0.3 is 9.47 Å². The van der Waals surface area contributed by atoms with Crippen LogP contribution in [0.25, 0.3) is 0 Å². The van der Waals surface area contributed by atoms with Gasteiger partial charge >= 0.3 is 0 Å². The summed E-state index contributed by atoms with van der Waals surface area (Å²) in [6, 6.07) is 0. The molecule has 2 fully saturated rings. The van der Waals surface area contributed by atoms with Gasteiger partial charge in [0.2, 0.25) is 5.24 Å². The van der Waals surface area contributed by atoms with E-state index in [1.807, 2.05) is 0 Å². The van der Waals surface area contributed by atoms with E-state index in [1.54, 1.807) is 6.08 Å². The summed E-state index contributed by atoms with van der Waals surface area (Å²) < 4.78 is 11.2. The van der Waals surface area contributed by atoms with Gasteiger partial charge in [-0.05, 0) is 17.7 Å². The monoisotopic (exact) mass is 231 g/mol. The molecule has 0 radical (unpaired) electrons. The van der Waals surface area contributed by atoms with Crippen molar-refractivity contribution in [3.05, 3.63) is 12.2 Å². The number of fused-ring (bicyclic) bond motifs is 1. The van der Waals surface area contributed by atoms with Gasteiger partial charge in [0, 0.05) is 19.6 Å². The fraction of sp³-hybridized carbons (Fsp3) is 0.700. The van der Waals surface area contributed by atoms with Crippen molar-refractivity contribution in [2.24, 2.45) is 0 Å². The standard InChI is InChI=1S/C10H14ClNO3/c11-10(13)2-1-3-12-6-8-9(7-12)15-5-4-14-8/h1-2,8-9H,3-7H2/b2-1+/t8-,9+. The maximum atomic E-state index is 10.5. The van der Waals surface area contributed by atoms with Crippen molar-refractivity contribution >= 4 is 16.8 Å². The first-order chi connectivity index (χ1) is 7.25. The molecule has 0 spiro atoms. The number of allylic oxidation sites excluding steroid dienone is 1. The van der Waals surface area contributed by atoms with E-state index in [4.69, 9.17) is 21.1 Å². The Balaban J connectivity index is 1.79. The van der Waals surface area contributed by atoms with Crippen LogP contribution >= 0.6 is 11.6 Å². The zero-order valence-corrected chi connectivity index (χ0v) is 9.15. The smallest absolute Gasteiger partial charge is 0.244 e. The van der Waals surface area contributed by atoms with Gasteiger partial charge in [0.05, 0.1) is 25.4 Å². The number of carbonyl (C=O) groups excluding carboxylic acids is 1. The molecule has 0 aromatic rings. The topological polar surface area (TPSA) is 38.8 Å². The van der Waals surface area contributed by atoms with Gasteiger partial charge in [0.1, 0.15) is 0 Å². The Bertz CT molecular complexity index is 255. The molecule has 2 aliphatic heterocycles. The van der Waals surface area contributed by atoms with Crippen molar-refractivity contribution in [1.29, 1.82) is 0 Å². The number of hydrogen-bond acceptors (Lipinski definition) is 4. The van der Waals surface area contributed by atoms with Crippen LogP contribution in [0, 0.1) is 0 Å². The Morgan fingerprint density at radius 3 is 2.47 bits per heavy atom. The van der Waals surface area contributed by atoms with Crippen molar-refractivity contribution < 1.29 is 14.3 Å². The molecule has 0 aromatic heterocycles. The van der Waals surface area contributed by atoms with Crippen LogP contribution in [-0.2, 0) is 14.3 Å². The predicted molar refractivity (Wildman–Crippen MR) is 55.9 cm³/mol. The van der Waals surface area contributed by atoms with Gasteiger partial charge in [0.15, 0.2) is 0 Å². The van der Waals surface area contributed by atoms with Crippen LogP contribution in [0.2, 0.25) is 0 Å². The van der Waals surface area contributed by atoms with E-state index in [0.29, 0.717) is 13.2 Å². The first kappa shape index (κ1) is 11.1. The van der Waals surface area contributed by atoms with E-state index in [0.717, 1.165) is 19.6 Å². The zero-order valence-electron chi connectivity index (χ0n) is 8.39. The molecular formula is C10H14ClNO3. The molecule has 4 nitrogen and oxygen atoms in total. The molecule has 2 atom stereocenters. The quantitative estimate of drug-likeness (QED) is 0.521. The molecular weight excluding hydrogens is 218 g/mol. The van der Waals surface area contributed by atoms with Gasteiger partial charge in [-0.15, -0.1) is 0 Å². The summed E-state index contributed by atoms with van der Waals surface area (Å²) in [6.07, 6.45) is 3.54. The number of carbonyl (C=O) groups is 1. The van der Waals surface area contributed by atoms with Crippen molar-refractivity contribution in [3.63, 3.8) is 0 Å². The van der Waals surface area contributed by atoms with Crippen molar-refractivity contribution in [3.8, 4) is 0 Å². The lowest BCUT2D eigenvalue weighted by Gasteiger charge is -2.24. The first-order valence-electron chi connectivity index (χ1n) is 5.07. The molecule has 0 aliphatic carbocycles. The maximum Gasteiger partial charge on any atom is 0.244 e. The normalized spacial score (nSPS) is 32.1. The van der Waals surface area contributed by atoms with Crippen LogP contribution in [0.1, 0.15) is 0 Å². The van der Waals surface area contributed by atoms with E-state index in [-0.39, 0.29) is 12.2 Å². The van der Waals surface area contributed by atoms with E-state index < -0.39 is 5.24 Å². The molecule has 2 saturated heterocycles. The average molecular weight is 232 g/mol. The van der Waals surface area contributed by atoms with Gasteiger partial charge in [-0.25, -0.2) is 0 Å². The summed E-state index contributed by atoms with van der Waals surface area (Å²) in [4.78, 5) is 12.7. The maximum absolute atomic E-state index is 10.5. The number of halogens is 1. The number of rotatable bonds is 3. The molecule has 0 saturated carbocycles. The van der Waals surface area contributed by atoms with Gasteiger partial charge in [0.25, 0.3) is 0 Å². The third-order valence-electron chi connectivity index (χ3n) is 2.65. The zero-order chi connectivity index (χ0) is 10.7. The molecule has 0 unspecified atom stereocenters. The van der Waals surface area contributed by atoms with Crippen molar-refractivity contribution in [2.45, 2.75) is 12.2 Å². The predicted octanol–water partition coefficient (Wildman–Crippen LogP) is 0.408. The Hall–Kier alpha value is -0.420. The summed E-state index contributed by atoms with van der Waals surface area (Å²) >= 11 is 5.19. The second-order valence-corrected chi connectivity index (χ2v) is 4.12. The van der Waals surface area contributed by atoms with E-state index in [2.05, 4.69) is 4.90 Å². The minimum atomic E-state index is -0.431. The van der Waals surface area contributed by atoms with Crippen LogP contribution in [0.3, 0.4) is 0 Å². The molecule has 0 bridgehead atoms. The van der Waals surface area contributed by atoms with Crippen molar-refractivity contribution in [2.75, 3.05) is 32.8 Å². The van der Waals surface area contributed by atoms with Gasteiger partial charge in [-0.3, -0.25) is 9.69 Å². The van der Waals surface area contributed by atoms with E-state index in [1.165, 1.54) is 6.08 Å². The molecule has 15 heavy (non-hydrogen) atoms. The molecule has 2 heterocycles. The third kappa shape index (κ3) is 3.01. The summed E-state index contributed by atoms with van der Waals surface area (Å²) in [7, 11) is 0. The highest BCUT2D eigenvalue weighted by molar-refractivity contribution is 6.66. The summed E-state index contributed by atoms with van der Waals surface area (Å²) in [6.45, 7) is 3.82. The van der Waals surface area contributed by atoms with Gasteiger partial charge in [-0.2, -0.15) is 0 Å². The first-order valence-corrected chi connectivity index (χ1v) is 5.45. The van der Waals surface area contributed by atoms with Crippen LogP contribution in [0.5, 0.6) is 0 Å². The van der Waals surface area contributed by atoms with Gasteiger partial charge in [-0.1, -0.05) is 6.08 Å². The number of nitrogens with zero attached hydrogens (tertiary/aromatic N) is 1. The molecule has 2 aliphatic rings. The lowest BCUT2D eigenvalue weighted by Crippen LogP contribution is -2.36. The highest BCUT2D eigenvalue weighted by Gasteiger charge is 2.35. The van der Waals surface area contributed by atoms with Crippen LogP contribution in [0.4, 0.5) is 0 Å². The average Bonchev–Trinajstić information content (AvgIpc) is 2.59. The highest BCUT2D eigenvalue weighted by atomic mass is 35.5. The fourth-order valence-corrected chi connectivity index (χ4v) is 2.07. The lowest BCUT2D eigenvalue weighted by molar-refractivity contribution is -0.116. The Morgan fingerprint density at radius 2 is 1.93 bits per heavy atom. The summed E-state index contributed by atoms with van der Waals surface area (Å²) in [5, 5.41) is -0.431. The fourth-order valence-electron chi connectivity index (χ4n) is 1.98. The molecule has 84 valence electrons. The van der Waals surface area contributed by atoms with Crippen LogP contribution in [-0.4, -0.2) is 55.2 Å². The molecule has 0 aromatic carbocycles. The second kappa shape index (κ2) is 5.07. The van der Waals surface area contributed by atoms with E-state index in [9.17, 15) is 4.79 Å². The van der Waals surface area contributed by atoms with Crippen LogP contribution in [0.15, 0.2) is 12.2 Å². The number of hydrogen-bond donors (Lipinski definition) is 0. The van der Waals surface area contributed by atoms with Crippen molar-refractivity contribution in [1.82, 2.24) is 4.90 Å². The molecule has 0 N–H and O–H groups in total. The number of ether oxygens (including phenoxy) is 2. The second-order valence-electron chi connectivity index (χ2n) is 3.74. The minimum Gasteiger partial charge on any atom is -0.372 e. The molecule has 5 heteroatoms. The largest absolute Gasteiger partial charge is 0.372 e. The molecule has 2 rings (SSSR count). The minimum absolute atomic E-state index is 0.193. The third-order valence-corrected chi connectivity index (χ3v) is 2.78. The van der Waals surface area contributed by atoms with E-state index >= 15 is 0 Å². The lowest BCUT2D eigenvalue weighted by atomic mass is 10.2. The highest BCUT2D eigenvalue weighted by Crippen LogP contribution is 2.19. The SMILES string of the molecule is O=C(Cl)/C=C/CN1C[C@@H]2OCCO[C@@H]2C1. The Labute approximate surface area is 93.8 Å². The summed E-state index contributed by atoms with van der Waals surface area (Å²) in [5.74, 6) is 0. The van der Waals surface area contributed by atoms with Crippen LogP contribution < -0.4 is 0 Å². The Morgan fingerprint density at radius 1 is 1.33 bits per heavy atom.